The minimum absolute atomic E-state index is 0.0475. The molecule has 0 unspecified atom stereocenters. The van der Waals surface area contributed by atoms with Gasteiger partial charge in [0.2, 0.25) is 0 Å². The third-order valence-electron chi connectivity index (χ3n) is 4.03. The van der Waals surface area contributed by atoms with Gasteiger partial charge in [0.1, 0.15) is 5.78 Å². The molecule has 0 aromatic carbocycles. The van der Waals surface area contributed by atoms with Gasteiger partial charge in [-0.25, -0.2) is 0 Å². The average molecular weight is 363 g/mol. The maximum absolute atomic E-state index is 11.1. The predicted octanol–water partition coefficient (Wildman–Crippen LogP) is 6.14. The molecule has 2 rings (SSSR count). The quantitative estimate of drug-likeness (QED) is 0.579. The summed E-state index contributed by atoms with van der Waals surface area (Å²) in [6.07, 6.45) is 3.32. The third-order valence-corrected chi connectivity index (χ3v) is 5.40. The lowest BCUT2D eigenvalue weighted by Crippen LogP contribution is -2.23. The Labute approximate surface area is 153 Å². The summed E-state index contributed by atoms with van der Waals surface area (Å²) in [7, 11) is 0. The Hall–Kier alpha value is -1.52. The number of Topliss-reactive ketones (excluding diaryl/α,β-unsaturated/α-hetero) is 1. The molecule has 0 aliphatic carbocycles. The highest BCUT2D eigenvalue weighted by Crippen LogP contribution is 2.32. The van der Waals surface area contributed by atoms with Crippen LogP contribution in [0, 0.1) is 0 Å². The Morgan fingerprint density at radius 3 is 2.12 bits per heavy atom. The van der Waals surface area contributed by atoms with Gasteiger partial charge in [0.15, 0.2) is 5.78 Å². The van der Waals surface area contributed by atoms with Crippen LogP contribution in [0.25, 0.3) is 5.57 Å². The summed E-state index contributed by atoms with van der Waals surface area (Å²) in [6.45, 7) is 9.48. The standard InChI is InChI=1S/C11H16OS.C9H10OS/c1-4-11(3,7-9(2)12)10-5-6-13-8-10;1-7(5-8(2)10)9-3-4-11-6-9/h5-6,8H,4,7H2,1-3H3;3-6H,1-2H3/b;7-5+/t11-;/m0./s1. The van der Waals surface area contributed by atoms with Gasteiger partial charge in [0, 0.05) is 6.42 Å². The van der Waals surface area contributed by atoms with Crippen LogP contribution in [0.15, 0.2) is 39.7 Å². The first kappa shape index (κ1) is 20.5. The number of thiophene rings is 2. The SMILES string of the molecule is CC(=O)/C=C(\C)c1ccsc1.CC[C@@](C)(CC(C)=O)c1ccsc1. The monoisotopic (exact) mass is 362 g/mol. The van der Waals surface area contributed by atoms with Crippen molar-refractivity contribution in [3.63, 3.8) is 0 Å². The number of carbonyl (C=O) groups excluding carboxylic acids is 2. The van der Waals surface area contributed by atoms with Crippen molar-refractivity contribution < 1.29 is 9.59 Å². The topological polar surface area (TPSA) is 34.1 Å². The lowest BCUT2D eigenvalue weighted by Gasteiger charge is -2.26. The van der Waals surface area contributed by atoms with Gasteiger partial charge < -0.3 is 0 Å². The van der Waals surface area contributed by atoms with Gasteiger partial charge in [-0.3, -0.25) is 9.59 Å². The summed E-state index contributed by atoms with van der Waals surface area (Å²) >= 11 is 3.34. The van der Waals surface area contributed by atoms with Crippen LogP contribution in [0.2, 0.25) is 0 Å². The summed E-state index contributed by atoms with van der Waals surface area (Å²) < 4.78 is 0. The van der Waals surface area contributed by atoms with Gasteiger partial charge in [-0.1, -0.05) is 13.8 Å². The van der Waals surface area contributed by atoms with E-state index in [4.69, 9.17) is 0 Å². The molecule has 0 fully saturated rings. The summed E-state index contributed by atoms with van der Waals surface area (Å²) in [4.78, 5) is 21.8. The van der Waals surface area contributed by atoms with Crippen molar-refractivity contribution in [2.24, 2.45) is 0 Å². The second-order valence-corrected chi connectivity index (χ2v) is 7.82. The Bertz CT molecular complexity index is 667. The molecule has 130 valence electrons. The van der Waals surface area contributed by atoms with Crippen LogP contribution in [0.3, 0.4) is 0 Å². The zero-order chi connectivity index (χ0) is 18.2. The van der Waals surface area contributed by atoms with E-state index in [0.717, 1.165) is 17.6 Å². The van der Waals surface area contributed by atoms with Crippen molar-refractivity contribution in [3.8, 4) is 0 Å². The molecular weight excluding hydrogens is 336 g/mol. The number of hydrogen-bond acceptors (Lipinski definition) is 4. The molecule has 2 aromatic rings. The number of allylic oxidation sites excluding steroid dienone is 2. The van der Waals surface area contributed by atoms with E-state index in [0.29, 0.717) is 6.42 Å². The molecule has 0 radical (unpaired) electrons. The van der Waals surface area contributed by atoms with Crippen molar-refractivity contribution in [1.29, 1.82) is 0 Å². The maximum Gasteiger partial charge on any atom is 0.152 e. The van der Waals surface area contributed by atoms with Crippen molar-refractivity contribution in [3.05, 3.63) is 50.9 Å². The van der Waals surface area contributed by atoms with Crippen molar-refractivity contribution in [2.75, 3.05) is 0 Å². The summed E-state index contributed by atoms with van der Waals surface area (Å²) in [6, 6.07) is 4.14. The molecule has 0 N–H and O–H groups in total. The molecule has 2 heterocycles. The fourth-order valence-corrected chi connectivity index (χ4v) is 3.99. The Kier molecular flexibility index (Phi) is 8.29. The van der Waals surface area contributed by atoms with Crippen LogP contribution in [0.4, 0.5) is 0 Å². The summed E-state index contributed by atoms with van der Waals surface area (Å²) in [5.74, 6) is 0.379. The molecule has 2 nitrogen and oxygen atoms in total. The number of rotatable bonds is 6. The Morgan fingerprint density at radius 2 is 1.71 bits per heavy atom. The van der Waals surface area contributed by atoms with E-state index in [1.807, 2.05) is 23.8 Å². The van der Waals surface area contributed by atoms with Gasteiger partial charge in [-0.05, 0) is 89.0 Å². The minimum Gasteiger partial charge on any atom is -0.300 e. The summed E-state index contributed by atoms with van der Waals surface area (Å²) in [5, 5.41) is 8.26. The van der Waals surface area contributed by atoms with Gasteiger partial charge in [0.25, 0.3) is 0 Å². The van der Waals surface area contributed by atoms with E-state index in [1.54, 1.807) is 42.6 Å². The van der Waals surface area contributed by atoms with Gasteiger partial charge in [0.05, 0.1) is 0 Å². The highest BCUT2D eigenvalue weighted by atomic mass is 32.1. The lowest BCUT2D eigenvalue weighted by atomic mass is 9.77. The van der Waals surface area contributed by atoms with Gasteiger partial charge in [-0.2, -0.15) is 22.7 Å². The molecule has 0 saturated heterocycles. The Morgan fingerprint density at radius 1 is 1.08 bits per heavy atom. The molecule has 0 spiro atoms. The van der Waals surface area contributed by atoms with Crippen LogP contribution in [0.5, 0.6) is 0 Å². The Balaban J connectivity index is 0.000000243. The average Bonchev–Trinajstić information content (AvgIpc) is 3.20. The van der Waals surface area contributed by atoms with Crippen LogP contribution in [0.1, 0.15) is 58.6 Å². The number of carbonyl (C=O) groups is 2. The molecule has 24 heavy (non-hydrogen) atoms. The molecule has 0 bridgehead atoms. The first-order chi connectivity index (χ1) is 11.3. The van der Waals surface area contributed by atoms with E-state index >= 15 is 0 Å². The van der Waals surface area contributed by atoms with E-state index in [-0.39, 0.29) is 17.0 Å². The highest BCUT2D eigenvalue weighted by Gasteiger charge is 2.26. The lowest BCUT2D eigenvalue weighted by molar-refractivity contribution is -0.118. The fourth-order valence-electron chi connectivity index (χ4n) is 2.47. The molecule has 1 atom stereocenters. The predicted molar refractivity (Wildman–Crippen MR) is 106 cm³/mol. The normalized spacial score (nSPS) is 13.6. The van der Waals surface area contributed by atoms with E-state index < -0.39 is 0 Å². The van der Waals surface area contributed by atoms with E-state index in [1.165, 1.54) is 5.56 Å². The van der Waals surface area contributed by atoms with Crippen LogP contribution in [-0.4, -0.2) is 11.6 Å². The molecular formula is C20H26O2S2. The fraction of sp³-hybridized carbons (Fsp3) is 0.400. The number of hydrogen-bond donors (Lipinski definition) is 0. The highest BCUT2D eigenvalue weighted by molar-refractivity contribution is 7.08. The second kappa shape index (κ2) is 9.70. The van der Waals surface area contributed by atoms with Crippen LogP contribution in [-0.2, 0) is 15.0 Å². The van der Waals surface area contributed by atoms with Crippen molar-refractivity contribution in [1.82, 2.24) is 0 Å². The molecule has 0 amide bonds. The molecule has 4 heteroatoms. The van der Waals surface area contributed by atoms with Crippen molar-refractivity contribution in [2.45, 2.75) is 52.9 Å². The van der Waals surface area contributed by atoms with Gasteiger partial charge in [-0.15, -0.1) is 0 Å². The van der Waals surface area contributed by atoms with E-state index in [2.05, 4.69) is 30.7 Å². The van der Waals surface area contributed by atoms with Crippen LogP contribution >= 0.6 is 22.7 Å². The van der Waals surface area contributed by atoms with Crippen molar-refractivity contribution >= 4 is 39.8 Å². The molecule has 0 aliphatic rings. The largest absolute Gasteiger partial charge is 0.300 e. The smallest absolute Gasteiger partial charge is 0.152 e. The van der Waals surface area contributed by atoms with Gasteiger partial charge >= 0.3 is 0 Å². The zero-order valence-electron chi connectivity index (χ0n) is 15.1. The minimum atomic E-state index is 0.0475. The third kappa shape index (κ3) is 6.54. The van der Waals surface area contributed by atoms with Crippen LogP contribution < -0.4 is 0 Å². The zero-order valence-corrected chi connectivity index (χ0v) is 16.7. The first-order valence-electron chi connectivity index (χ1n) is 8.02. The molecule has 0 saturated carbocycles. The van der Waals surface area contributed by atoms with E-state index in [9.17, 15) is 9.59 Å². The molecule has 0 aliphatic heterocycles. The maximum atomic E-state index is 11.1. The number of ketones is 2. The second-order valence-electron chi connectivity index (χ2n) is 6.26. The molecule has 2 aromatic heterocycles. The summed E-state index contributed by atoms with van der Waals surface area (Å²) in [5.41, 5.74) is 3.53. The first-order valence-corrected chi connectivity index (χ1v) is 9.90.